The summed E-state index contributed by atoms with van der Waals surface area (Å²) in [5, 5.41) is 23.7. The zero-order chi connectivity index (χ0) is 21.3. The molecule has 0 aliphatic rings. The third kappa shape index (κ3) is 3.60. The first-order chi connectivity index (χ1) is 14.4. The van der Waals surface area contributed by atoms with Crippen LogP contribution in [0.1, 0.15) is 16.7 Å². The van der Waals surface area contributed by atoms with Gasteiger partial charge in [0.05, 0.1) is 22.8 Å². The molecule has 150 valence electrons. The van der Waals surface area contributed by atoms with Crippen LogP contribution in [0.4, 0.5) is 5.95 Å². The molecule has 0 saturated carbocycles. The van der Waals surface area contributed by atoms with Gasteiger partial charge in [-0.1, -0.05) is 29.8 Å². The van der Waals surface area contributed by atoms with Crippen molar-refractivity contribution in [1.29, 1.82) is 0 Å². The predicted molar refractivity (Wildman–Crippen MR) is 118 cm³/mol. The zero-order valence-electron chi connectivity index (χ0n) is 16.5. The van der Waals surface area contributed by atoms with Crippen molar-refractivity contribution >= 4 is 23.1 Å². The topological polar surface area (TPSA) is 99.7 Å². The Balaban J connectivity index is 1.82. The van der Waals surface area contributed by atoms with Crippen molar-refractivity contribution in [2.24, 2.45) is 5.10 Å². The van der Waals surface area contributed by atoms with E-state index in [-0.39, 0.29) is 23.0 Å². The number of phenolic OH excluding ortho intramolecular Hbond substituents is 2. The van der Waals surface area contributed by atoms with Gasteiger partial charge >= 0.3 is 0 Å². The van der Waals surface area contributed by atoms with Crippen molar-refractivity contribution in [3.8, 4) is 17.2 Å². The van der Waals surface area contributed by atoms with E-state index in [0.29, 0.717) is 22.2 Å². The van der Waals surface area contributed by atoms with Gasteiger partial charge in [0.25, 0.3) is 5.56 Å². The number of phenols is 2. The van der Waals surface area contributed by atoms with Crippen LogP contribution in [0.5, 0.6) is 11.5 Å². The third-order valence-electron chi connectivity index (χ3n) is 4.75. The van der Waals surface area contributed by atoms with Gasteiger partial charge in [-0.3, -0.25) is 4.79 Å². The van der Waals surface area contributed by atoms with Gasteiger partial charge in [-0.2, -0.15) is 5.10 Å². The molecule has 0 bridgehead atoms. The standard InChI is InChI=1S/C23H20N4O3/c1-14-7-9-19(15(2)11-14)27-22(30)17-5-3-4-6-18(17)25-23(27)26-24-13-16-8-10-20(28)21(29)12-16/h3-13,28-29H,1-2H3,(H,25,26)/b24-13+. The summed E-state index contributed by atoms with van der Waals surface area (Å²) >= 11 is 0. The van der Waals surface area contributed by atoms with Gasteiger partial charge in [0, 0.05) is 0 Å². The highest BCUT2D eigenvalue weighted by atomic mass is 16.3. The minimum absolute atomic E-state index is 0.201. The second-order valence-electron chi connectivity index (χ2n) is 7.00. The van der Waals surface area contributed by atoms with Crippen LogP contribution < -0.4 is 11.0 Å². The molecule has 0 spiro atoms. The van der Waals surface area contributed by atoms with Crippen LogP contribution >= 0.6 is 0 Å². The number of anilines is 1. The molecule has 0 radical (unpaired) electrons. The van der Waals surface area contributed by atoms with Gasteiger partial charge in [-0.25, -0.2) is 15.0 Å². The number of para-hydroxylation sites is 1. The summed E-state index contributed by atoms with van der Waals surface area (Å²) in [5.74, 6) is -0.181. The number of aromatic hydroxyl groups is 2. The summed E-state index contributed by atoms with van der Waals surface area (Å²) in [6.45, 7) is 3.94. The minimum Gasteiger partial charge on any atom is -0.504 e. The second kappa shape index (κ2) is 7.71. The van der Waals surface area contributed by atoms with Crippen LogP contribution in [0.2, 0.25) is 0 Å². The van der Waals surface area contributed by atoms with E-state index in [1.165, 1.54) is 22.9 Å². The molecular weight excluding hydrogens is 380 g/mol. The molecule has 7 heteroatoms. The smallest absolute Gasteiger partial charge is 0.267 e. The lowest BCUT2D eigenvalue weighted by atomic mass is 10.1. The molecular formula is C23H20N4O3. The largest absolute Gasteiger partial charge is 0.504 e. The number of aromatic nitrogens is 2. The summed E-state index contributed by atoms with van der Waals surface area (Å²) < 4.78 is 1.50. The molecule has 1 aromatic heterocycles. The molecule has 0 aliphatic carbocycles. The summed E-state index contributed by atoms with van der Waals surface area (Å²) in [4.78, 5) is 17.9. The monoisotopic (exact) mass is 400 g/mol. The number of fused-ring (bicyclic) bond motifs is 1. The van der Waals surface area contributed by atoms with Gasteiger partial charge in [0.2, 0.25) is 5.95 Å². The van der Waals surface area contributed by atoms with Gasteiger partial charge < -0.3 is 10.2 Å². The van der Waals surface area contributed by atoms with Crippen LogP contribution in [0.15, 0.2) is 70.6 Å². The van der Waals surface area contributed by atoms with Crippen molar-refractivity contribution in [2.45, 2.75) is 13.8 Å². The van der Waals surface area contributed by atoms with Crippen molar-refractivity contribution < 1.29 is 10.2 Å². The molecule has 30 heavy (non-hydrogen) atoms. The van der Waals surface area contributed by atoms with Crippen LogP contribution in [0.25, 0.3) is 16.6 Å². The Bertz CT molecular complexity index is 1340. The molecule has 0 atom stereocenters. The molecule has 4 aromatic rings. The average Bonchev–Trinajstić information content (AvgIpc) is 2.72. The molecule has 0 fully saturated rings. The van der Waals surface area contributed by atoms with E-state index in [1.54, 1.807) is 24.3 Å². The average molecular weight is 400 g/mol. The quantitative estimate of drug-likeness (QED) is 0.274. The lowest BCUT2D eigenvalue weighted by Crippen LogP contribution is -2.23. The van der Waals surface area contributed by atoms with Crippen molar-refractivity contribution in [3.05, 3.63) is 87.7 Å². The van der Waals surface area contributed by atoms with Gasteiger partial charge in [0.15, 0.2) is 11.5 Å². The van der Waals surface area contributed by atoms with Gasteiger partial charge in [0.1, 0.15) is 0 Å². The molecule has 7 nitrogen and oxygen atoms in total. The molecule has 3 N–H and O–H groups in total. The molecule has 0 unspecified atom stereocenters. The minimum atomic E-state index is -0.241. The van der Waals surface area contributed by atoms with Crippen LogP contribution in [0.3, 0.4) is 0 Å². The first-order valence-corrected chi connectivity index (χ1v) is 9.34. The predicted octanol–water partition coefficient (Wildman–Crippen LogP) is 3.86. The highest BCUT2D eigenvalue weighted by molar-refractivity contribution is 5.82. The molecule has 3 aromatic carbocycles. The molecule has 4 rings (SSSR count). The van der Waals surface area contributed by atoms with E-state index < -0.39 is 0 Å². The normalized spacial score (nSPS) is 11.3. The third-order valence-corrected chi connectivity index (χ3v) is 4.75. The summed E-state index contributed by atoms with van der Waals surface area (Å²) in [6, 6.07) is 17.3. The fourth-order valence-corrected chi connectivity index (χ4v) is 3.27. The highest BCUT2D eigenvalue weighted by Gasteiger charge is 2.14. The lowest BCUT2D eigenvalue weighted by Gasteiger charge is -2.15. The van der Waals surface area contributed by atoms with Gasteiger partial charge in [-0.15, -0.1) is 0 Å². The number of rotatable bonds is 4. The fraction of sp³-hybridized carbons (Fsp3) is 0.0870. The van der Waals surface area contributed by atoms with Gasteiger partial charge in [-0.05, 0) is 61.4 Å². The number of hydrogen-bond acceptors (Lipinski definition) is 6. The maximum absolute atomic E-state index is 13.3. The molecule has 0 amide bonds. The summed E-state index contributed by atoms with van der Waals surface area (Å²) in [5.41, 5.74) is 6.51. The Hall–Kier alpha value is -4.13. The maximum Gasteiger partial charge on any atom is 0.267 e. The Morgan fingerprint density at radius 2 is 1.80 bits per heavy atom. The summed E-state index contributed by atoms with van der Waals surface area (Å²) in [6.07, 6.45) is 1.47. The van der Waals surface area contributed by atoms with Crippen molar-refractivity contribution in [2.75, 3.05) is 5.43 Å². The number of nitrogens with one attached hydrogen (secondary N) is 1. The second-order valence-corrected chi connectivity index (χ2v) is 7.00. The number of hydrogen-bond donors (Lipinski definition) is 3. The number of benzene rings is 3. The van der Waals surface area contributed by atoms with Crippen LogP contribution in [-0.2, 0) is 0 Å². The fourth-order valence-electron chi connectivity index (χ4n) is 3.27. The van der Waals surface area contributed by atoms with Crippen LogP contribution in [-0.4, -0.2) is 26.0 Å². The van der Waals surface area contributed by atoms with Crippen molar-refractivity contribution in [1.82, 2.24) is 9.55 Å². The number of aryl methyl sites for hydroxylation is 2. The van der Waals surface area contributed by atoms with Crippen LogP contribution in [0, 0.1) is 13.8 Å². The van der Waals surface area contributed by atoms with E-state index in [1.807, 2.05) is 38.1 Å². The van der Waals surface area contributed by atoms with E-state index >= 15 is 0 Å². The van der Waals surface area contributed by atoms with E-state index in [4.69, 9.17) is 0 Å². The summed E-state index contributed by atoms with van der Waals surface area (Å²) in [7, 11) is 0. The number of hydrazone groups is 1. The Labute approximate surface area is 172 Å². The Morgan fingerprint density at radius 1 is 1.00 bits per heavy atom. The number of nitrogens with zero attached hydrogens (tertiary/aromatic N) is 3. The molecule has 1 heterocycles. The SMILES string of the molecule is Cc1ccc(-n2c(N/N=C/c3ccc(O)c(O)c3)nc3ccccc3c2=O)c(C)c1. The first kappa shape index (κ1) is 19.2. The van der Waals surface area contributed by atoms with E-state index in [2.05, 4.69) is 15.5 Å². The van der Waals surface area contributed by atoms with Crippen molar-refractivity contribution in [3.63, 3.8) is 0 Å². The van der Waals surface area contributed by atoms with E-state index in [0.717, 1.165) is 11.1 Å². The Morgan fingerprint density at radius 3 is 2.57 bits per heavy atom. The zero-order valence-corrected chi connectivity index (χ0v) is 16.5. The first-order valence-electron chi connectivity index (χ1n) is 9.34. The molecule has 0 saturated heterocycles. The lowest BCUT2D eigenvalue weighted by molar-refractivity contribution is 0.403. The maximum atomic E-state index is 13.3. The Kier molecular flexibility index (Phi) is 4.93. The highest BCUT2D eigenvalue weighted by Crippen LogP contribution is 2.24. The molecule has 0 aliphatic heterocycles. The van der Waals surface area contributed by atoms with E-state index in [9.17, 15) is 15.0 Å².